The van der Waals surface area contributed by atoms with Gasteiger partial charge in [-0.15, -0.1) is 0 Å². The van der Waals surface area contributed by atoms with E-state index in [4.69, 9.17) is 0 Å². The Kier molecular flexibility index (Phi) is 4.00. The zero-order valence-corrected chi connectivity index (χ0v) is 9.89. The van der Waals surface area contributed by atoms with Crippen molar-refractivity contribution in [1.82, 2.24) is 20.2 Å². The molecule has 2 N–H and O–H groups in total. The Balaban J connectivity index is 1.90. The molecule has 6 heteroatoms. The Morgan fingerprint density at radius 1 is 1.41 bits per heavy atom. The highest BCUT2D eigenvalue weighted by atomic mass is 16.2. The summed E-state index contributed by atoms with van der Waals surface area (Å²) >= 11 is 0. The van der Waals surface area contributed by atoms with Gasteiger partial charge in [0.05, 0.1) is 6.04 Å². The molecule has 1 aliphatic heterocycles. The van der Waals surface area contributed by atoms with Gasteiger partial charge < -0.3 is 5.32 Å². The summed E-state index contributed by atoms with van der Waals surface area (Å²) in [7, 11) is 0. The van der Waals surface area contributed by atoms with Crippen molar-refractivity contribution in [2.45, 2.75) is 13.0 Å². The normalized spacial score (nSPS) is 18.6. The zero-order chi connectivity index (χ0) is 12.1. The molecule has 2 heterocycles. The van der Waals surface area contributed by atoms with Crippen molar-refractivity contribution < 1.29 is 4.79 Å². The summed E-state index contributed by atoms with van der Waals surface area (Å²) in [5, 5.41) is 5.98. The van der Waals surface area contributed by atoms with Crippen molar-refractivity contribution >= 4 is 11.9 Å². The average molecular weight is 235 g/mol. The van der Waals surface area contributed by atoms with Gasteiger partial charge in [-0.25, -0.2) is 9.97 Å². The van der Waals surface area contributed by atoms with Crippen molar-refractivity contribution in [1.29, 1.82) is 0 Å². The van der Waals surface area contributed by atoms with Crippen LogP contribution in [0.2, 0.25) is 0 Å². The Morgan fingerprint density at radius 2 is 2.06 bits per heavy atom. The molecule has 1 aliphatic rings. The van der Waals surface area contributed by atoms with E-state index in [9.17, 15) is 4.79 Å². The first kappa shape index (κ1) is 11.9. The molecule has 17 heavy (non-hydrogen) atoms. The number of carbonyl (C=O) groups is 1. The van der Waals surface area contributed by atoms with Crippen LogP contribution in [-0.4, -0.2) is 53.0 Å². The van der Waals surface area contributed by atoms with Crippen molar-refractivity contribution in [3.8, 4) is 0 Å². The molecule has 0 radical (unpaired) electrons. The second-order valence-corrected chi connectivity index (χ2v) is 4.02. The maximum absolute atomic E-state index is 12.0. The lowest BCUT2D eigenvalue weighted by molar-refractivity contribution is -0.121. The van der Waals surface area contributed by atoms with E-state index in [-0.39, 0.29) is 11.9 Å². The van der Waals surface area contributed by atoms with E-state index < -0.39 is 0 Å². The van der Waals surface area contributed by atoms with Crippen LogP contribution in [0.4, 0.5) is 5.95 Å². The summed E-state index contributed by atoms with van der Waals surface area (Å²) in [5.74, 6) is 0.303. The third-order valence-electron chi connectivity index (χ3n) is 2.88. The predicted octanol–water partition coefficient (Wildman–Crippen LogP) is -0.291. The molecule has 1 amide bonds. The van der Waals surface area contributed by atoms with Gasteiger partial charge in [0.15, 0.2) is 0 Å². The van der Waals surface area contributed by atoms with Gasteiger partial charge in [-0.05, 0) is 13.0 Å². The Hall–Kier alpha value is -1.53. The molecule has 2 rings (SSSR count). The van der Waals surface area contributed by atoms with Crippen LogP contribution in [-0.2, 0) is 4.79 Å². The van der Waals surface area contributed by atoms with E-state index >= 15 is 0 Å². The van der Waals surface area contributed by atoms with Crippen molar-refractivity contribution in [3.63, 3.8) is 0 Å². The lowest BCUT2D eigenvalue weighted by Crippen LogP contribution is -2.51. The smallest absolute Gasteiger partial charge is 0.243 e. The number of rotatable bonds is 3. The molecule has 0 saturated carbocycles. The van der Waals surface area contributed by atoms with Gasteiger partial charge in [0.1, 0.15) is 0 Å². The van der Waals surface area contributed by atoms with Crippen molar-refractivity contribution in [2.24, 2.45) is 0 Å². The fraction of sp³-hybridized carbons (Fsp3) is 0.545. The molecular formula is C11H17N5O. The Morgan fingerprint density at radius 3 is 2.71 bits per heavy atom. The first-order valence-electron chi connectivity index (χ1n) is 5.80. The number of carbonyl (C=O) groups excluding carboxylic acids is 1. The molecule has 6 nitrogen and oxygen atoms in total. The van der Waals surface area contributed by atoms with Gasteiger partial charge in [-0.1, -0.05) is 0 Å². The number of hydrogen-bond donors (Lipinski definition) is 2. The van der Waals surface area contributed by atoms with Crippen LogP contribution in [0.1, 0.15) is 6.92 Å². The topological polar surface area (TPSA) is 70.2 Å². The molecular weight excluding hydrogens is 218 g/mol. The summed E-state index contributed by atoms with van der Waals surface area (Å²) in [4.78, 5) is 22.1. The number of hydrogen-bond acceptors (Lipinski definition) is 5. The minimum Gasteiger partial charge on any atom is -0.314 e. The minimum atomic E-state index is -0.152. The number of piperazine rings is 1. The van der Waals surface area contributed by atoms with Gasteiger partial charge in [-0.2, -0.15) is 0 Å². The lowest BCUT2D eigenvalue weighted by Gasteiger charge is -2.31. The summed E-state index contributed by atoms with van der Waals surface area (Å²) in [6, 6.07) is 1.57. The molecule has 92 valence electrons. The first-order chi connectivity index (χ1) is 8.27. The Bertz CT molecular complexity index is 363. The van der Waals surface area contributed by atoms with Gasteiger partial charge in [-0.3, -0.25) is 15.0 Å². The molecule has 1 aromatic heterocycles. The lowest BCUT2D eigenvalue weighted by atomic mass is 10.2. The second kappa shape index (κ2) is 5.70. The maximum atomic E-state index is 12.0. The fourth-order valence-electron chi connectivity index (χ4n) is 1.81. The van der Waals surface area contributed by atoms with Gasteiger partial charge >= 0.3 is 0 Å². The minimum absolute atomic E-state index is 0.0573. The van der Waals surface area contributed by atoms with Gasteiger partial charge in [0, 0.05) is 38.6 Å². The number of aromatic nitrogens is 2. The van der Waals surface area contributed by atoms with E-state index in [1.807, 2.05) is 6.92 Å². The molecule has 0 bridgehead atoms. The van der Waals surface area contributed by atoms with Crippen LogP contribution >= 0.6 is 0 Å². The molecule has 1 fully saturated rings. The van der Waals surface area contributed by atoms with Crippen LogP contribution in [0, 0.1) is 0 Å². The number of anilines is 1. The molecule has 1 unspecified atom stereocenters. The summed E-state index contributed by atoms with van der Waals surface area (Å²) < 4.78 is 0. The second-order valence-electron chi connectivity index (χ2n) is 4.02. The fourth-order valence-corrected chi connectivity index (χ4v) is 1.81. The van der Waals surface area contributed by atoms with Crippen molar-refractivity contribution in [3.05, 3.63) is 18.5 Å². The Labute approximate surface area is 100 Å². The summed E-state index contributed by atoms with van der Waals surface area (Å²) in [5.41, 5.74) is 0. The van der Waals surface area contributed by atoms with E-state index in [0.717, 1.165) is 26.2 Å². The highest BCUT2D eigenvalue weighted by Gasteiger charge is 2.22. The largest absolute Gasteiger partial charge is 0.314 e. The van der Waals surface area contributed by atoms with Gasteiger partial charge in [0.2, 0.25) is 11.9 Å². The maximum Gasteiger partial charge on any atom is 0.243 e. The number of nitrogens with one attached hydrogen (secondary N) is 2. The predicted molar refractivity (Wildman–Crippen MR) is 64.6 cm³/mol. The highest BCUT2D eigenvalue weighted by Crippen LogP contribution is 2.04. The van der Waals surface area contributed by atoms with Crippen LogP contribution in [0.5, 0.6) is 0 Å². The highest BCUT2D eigenvalue weighted by molar-refractivity contribution is 5.93. The third-order valence-corrected chi connectivity index (χ3v) is 2.88. The van der Waals surface area contributed by atoms with Crippen LogP contribution in [0.25, 0.3) is 0 Å². The number of amides is 1. The quantitative estimate of drug-likeness (QED) is 0.753. The van der Waals surface area contributed by atoms with E-state index in [0.29, 0.717) is 5.95 Å². The molecule has 0 aliphatic carbocycles. The molecule has 0 aromatic carbocycles. The van der Waals surface area contributed by atoms with Crippen LogP contribution in [0.3, 0.4) is 0 Å². The third kappa shape index (κ3) is 3.21. The van der Waals surface area contributed by atoms with E-state index in [2.05, 4.69) is 25.5 Å². The standard InChI is InChI=1S/C11H17N5O/c1-9(16-7-5-12-6-8-16)10(17)15-11-13-3-2-4-14-11/h2-4,9,12H,5-8H2,1H3,(H,13,14,15,17). The summed E-state index contributed by atoms with van der Waals surface area (Å²) in [6.45, 7) is 5.55. The zero-order valence-electron chi connectivity index (χ0n) is 9.89. The average Bonchev–Trinajstić information content (AvgIpc) is 2.40. The number of nitrogens with zero attached hydrogens (tertiary/aromatic N) is 3. The SMILES string of the molecule is CC(C(=O)Nc1ncccn1)N1CCNCC1. The van der Waals surface area contributed by atoms with Crippen LogP contribution < -0.4 is 10.6 Å². The van der Waals surface area contributed by atoms with Crippen molar-refractivity contribution in [2.75, 3.05) is 31.5 Å². The molecule has 1 aromatic rings. The van der Waals surface area contributed by atoms with Gasteiger partial charge in [0.25, 0.3) is 0 Å². The molecule has 0 spiro atoms. The van der Waals surface area contributed by atoms with E-state index in [1.54, 1.807) is 18.5 Å². The van der Waals surface area contributed by atoms with E-state index in [1.165, 1.54) is 0 Å². The summed E-state index contributed by atoms with van der Waals surface area (Å²) in [6.07, 6.45) is 3.22. The molecule has 1 atom stereocenters. The first-order valence-corrected chi connectivity index (χ1v) is 5.80. The van der Waals surface area contributed by atoms with Crippen LogP contribution in [0.15, 0.2) is 18.5 Å². The molecule has 1 saturated heterocycles. The monoisotopic (exact) mass is 235 g/mol.